The Bertz CT molecular complexity index is 1280. The number of alkyl halides is 1. The first-order valence-corrected chi connectivity index (χ1v) is 10.3. The highest BCUT2D eigenvalue weighted by molar-refractivity contribution is 6.18. The maximum Gasteiger partial charge on any atom is 0.161 e. The van der Waals surface area contributed by atoms with E-state index >= 15 is 0 Å². The second-order valence-electron chi connectivity index (χ2n) is 6.93. The fourth-order valence-corrected chi connectivity index (χ4v) is 3.63. The Hall–Kier alpha value is -3.69. The average molecular weight is 433 g/mol. The molecule has 156 valence electrons. The van der Waals surface area contributed by atoms with E-state index in [0.717, 1.165) is 33.3 Å². The van der Waals surface area contributed by atoms with Crippen LogP contribution in [0.5, 0.6) is 11.5 Å². The van der Waals surface area contributed by atoms with Gasteiger partial charge < -0.3 is 19.8 Å². The minimum Gasteiger partial charge on any atom is -0.493 e. The zero-order valence-electron chi connectivity index (χ0n) is 17.2. The zero-order valence-corrected chi connectivity index (χ0v) is 18.0. The zero-order chi connectivity index (χ0) is 21.8. The van der Waals surface area contributed by atoms with E-state index in [0.29, 0.717) is 35.2 Å². The molecule has 31 heavy (non-hydrogen) atoms. The van der Waals surface area contributed by atoms with Gasteiger partial charge >= 0.3 is 0 Å². The molecular formula is C24H21ClN4O2. The average Bonchev–Trinajstić information content (AvgIpc) is 3.29. The molecule has 2 N–H and O–H groups in total. The number of anilines is 2. The lowest BCUT2D eigenvalue weighted by Crippen LogP contribution is -2.02. The number of nitriles is 1. The van der Waals surface area contributed by atoms with Crippen LogP contribution in [0.4, 0.5) is 11.4 Å². The van der Waals surface area contributed by atoms with E-state index in [1.165, 1.54) is 0 Å². The Balaban J connectivity index is 1.79. The quantitative estimate of drug-likeness (QED) is 0.362. The highest BCUT2D eigenvalue weighted by Gasteiger charge is 2.15. The van der Waals surface area contributed by atoms with Crippen LogP contribution < -0.4 is 14.8 Å². The summed E-state index contributed by atoms with van der Waals surface area (Å²) >= 11 is 5.73. The Kier molecular flexibility index (Phi) is 5.96. The molecule has 4 aromatic rings. The van der Waals surface area contributed by atoms with Gasteiger partial charge in [-0.25, -0.2) is 0 Å². The number of nitrogens with one attached hydrogen (secondary N) is 2. The van der Waals surface area contributed by atoms with E-state index in [9.17, 15) is 5.26 Å². The van der Waals surface area contributed by atoms with Crippen molar-refractivity contribution in [3.63, 3.8) is 0 Å². The van der Waals surface area contributed by atoms with Gasteiger partial charge in [-0.2, -0.15) is 5.26 Å². The number of benzene rings is 2. The second kappa shape index (κ2) is 8.99. The fraction of sp³-hybridized carbons (Fsp3) is 0.167. The van der Waals surface area contributed by atoms with E-state index in [1.807, 2.05) is 42.6 Å². The predicted octanol–water partition coefficient (Wildman–Crippen LogP) is 5.78. The lowest BCUT2D eigenvalue weighted by atomic mass is 10.0. The summed E-state index contributed by atoms with van der Waals surface area (Å²) in [5.74, 6) is 1.58. The van der Waals surface area contributed by atoms with Crippen molar-refractivity contribution in [2.24, 2.45) is 0 Å². The van der Waals surface area contributed by atoms with Crippen molar-refractivity contribution in [3.8, 4) is 28.7 Å². The van der Waals surface area contributed by atoms with Crippen LogP contribution in [0.15, 0.2) is 55.0 Å². The number of nitrogens with zero attached hydrogens (tertiary/aromatic N) is 2. The molecule has 0 saturated heterocycles. The fourth-order valence-electron chi connectivity index (χ4n) is 3.56. The summed E-state index contributed by atoms with van der Waals surface area (Å²) in [4.78, 5) is 7.49. The number of pyridine rings is 1. The van der Waals surface area contributed by atoms with Gasteiger partial charge in [0.2, 0.25) is 0 Å². The summed E-state index contributed by atoms with van der Waals surface area (Å²) in [6.45, 7) is 2.44. The molecule has 0 aliphatic carbocycles. The topological polar surface area (TPSA) is 83.0 Å². The van der Waals surface area contributed by atoms with E-state index < -0.39 is 0 Å². The molecular weight excluding hydrogens is 412 g/mol. The van der Waals surface area contributed by atoms with Crippen LogP contribution in [-0.2, 0) is 0 Å². The molecule has 0 unspecified atom stereocenters. The smallest absolute Gasteiger partial charge is 0.161 e. The molecule has 2 heterocycles. The van der Waals surface area contributed by atoms with Crippen molar-refractivity contribution in [1.29, 1.82) is 5.26 Å². The third-order valence-corrected chi connectivity index (χ3v) is 5.29. The largest absolute Gasteiger partial charge is 0.493 e. The molecule has 7 heteroatoms. The molecule has 2 aromatic heterocycles. The summed E-state index contributed by atoms with van der Waals surface area (Å²) in [6, 6.07) is 13.9. The highest BCUT2D eigenvalue weighted by atomic mass is 35.5. The molecule has 0 aliphatic heterocycles. The molecule has 0 amide bonds. The third kappa shape index (κ3) is 4.00. The number of halogens is 1. The van der Waals surface area contributed by atoms with Crippen molar-refractivity contribution < 1.29 is 9.47 Å². The first-order chi connectivity index (χ1) is 15.2. The summed E-state index contributed by atoms with van der Waals surface area (Å²) in [6.07, 6.45) is 5.22. The predicted molar refractivity (Wildman–Crippen MR) is 123 cm³/mol. The summed E-state index contributed by atoms with van der Waals surface area (Å²) in [5.41, 5.74) is 5.85. The van der Waals surface area contributed by atoms with Gasteiger partial charge in [-0.05, 0) is 48.4 Å². The van der Waals surface area contributed by atoms with Gasteiger partial charge in [0.25, 0.3) is 0 Å². The van der Waals surface area contributed by atoms with Gasteiger partial charge in [0.1, 0.15) is 12.7 Å². The van der Waals surface area contributed by atoms with Crippen molar-refractivity contribution in [3.05, 3.63) is 66.1 Å². The molecule has 4 rings (SSSR count). The van der Waals surface area contributed by atoms with Gasteiger partial charge in [-0.1, -0.05) is 6.07 Å². The van der Waals surface area contributed by atoms with E-state index in [4.69, 9.17) is 21.1 Å². The lowest BCUT2D eigenvalue weighted by molar-refractivity contribution is 0.313. The number of aromatic nitrogens is 2. The molecule has 2 aromatic carbocycles. The Labute approximate surface area is 185 Å². The van der Waals surface area contributed by atoms with Crippen molar-refractivity contribution in [2.45, 2.75) is 6.92 Å². The van der Waals surface area contributed by atoms with Crippen LogP contribution in [0.2, 0.25) is 0 Å². The number of hydrogen-bond acceptors (Lipinski definition) is 5. The molecule has 0 spiro atoms. The van der Waals surface area contributed by atoms with Crippen LogP contribution in [0.25, 0.3) is 22.0 Å². The van der Waals surface area contributed by atoms with Crippen LogP contribution in [0.3, 0.4) is 0 Å². The summed E-state index contributed by atoms with van der Waals surface area (Å²) in [5, 5.41) is 14.3. The van der Waals surface area contributed by atoms with Crippen molar-refractivity contribution in [1.82, 2.24) is 9.97 Å². The Morgan fingerprint density at radius 2 is 2.03 bits per heavy atom. The molecule has 0 fully saturated rings. The first-order valence-electron chi connectivity index (χ1n) is 9.75. The number of hydrogen-bond donors (Lipinski definition) is 2. The molecule has 0 radical (unpaired) electrons. The van der Waals surface area contributed by atoms with E-state index in [-0.39, 0.29) is 0 Å². The van der Waals surface area contributed by atoms with Gasteiger partial charge in [0, 0.05) is 40.7 Å². The Morgan fingerprint density at radius 1 is 1.16 bits per heavy atom. The SMILES string of the molecule is COc1cc(-c2cncc(C#N)c2Nc2ccc3[nH]ccc3c2C)ccc1OCCCl. The molecule has 0 bridgehead atoms. The highest BCUT2D eigenvalue weighted by Crippen LogP contribution is 2.38. The van der Waals surface area contributed by atoms with Crippen LogP contribution >= 0.6 is 11.6 Å². The van der Waals surface area contributed by atoms with Gasteiger partial charge in [0.05, 0.1) is 24.2 Å². The summed E-state index contributed by atoms with van der Waals surface area (Å²) in [7, 11) is 1.59. The Morgan fingerprint density at radius 3 is 2.81 bits per heavy atom. The number of aromatic amines is 1. The normalized spacial score (nSPS) is 10.6. The number of methoxy groups -OCH3 is 1. The van der Waals surface area contributed by atoms with Crippen molar-refractivity contribution >= 4 is 33.9 Å². The van der Waals surface area contributed by atoms with Crippen LogP contribution in [0, 0.1) is 18.3 Å². The number of aryl methyl sites for hydroxylation is 1. The molecule has 0 aliphatic rings. The maximum absolute atomic E-state index is 9.73. The third-order valence-electron chi connectivity index (χ3n) is 5.14. The number of rotatable bonds is 7. The van der Waals surface area contributed by atoms with Gasteiger partial charge in [-0.15, -0.1) is 11.6 Å². The minimum atomic E-state index is 0.385. The van der Waals surface area contributed by atoms with Crippen LogP contribution in [-0.4, -0.2) is 29.6 Å². The van der Waals surface area contributed by atoms with Crippen LogP contribution in [0.1, 0.15) is 11.1 Å². The number of ether oxygens (including phenoxy) is 2. The van der Waals surface area contributed by atoms with Crippen molar-refractivity contribution in [2.75, 3.05) is 24.9 Å². The summed E-state index contributed by atoms with van der Waals surface area (Å²) < 4.78 is 11.1. The van der Waals surface area contributed by atoms with Gasteiger partial charge in [0.15, 0.2) is 11.5 Å². The first kappa shape index (κ1) is 20.6. The molecule has 0 saturated carbocycles. The molecule has 6 nitrogen and oxygen atoms in total. The van der Waals surface area contributed by atoms with E-state index in [2.05, 4.69) is 28.3 Å². The minimum absolute atomic E-state index is 0.385. The maximum atomic E-state index is 9.73. The van der Waals surface area contributed by atoms with E-state index in [1.54, 1.807) is 19.5 Å². The lowest BCUT2D eigenvalue weighted by Gasteiger charge is -2.17. The standard InChI is InChI=1S/C24H21ClN4O2/c1-15-18-7-9-28-21(18)5-4-20(15)29-24-17(12-26)13-27-14-19(24)16-3-6-22(31-10-8-25)23(11-16)30-2/h3-7,9,11,13-14,28H,8,10H2,1-2H3,(H,27,29). The molecule has 0 atom stereocenters. The second-order valence-corrected chi connectivity index (χ2v) is 7.30. The number of fused-ring (bicyclic) bond motifs is 1. The monoisotopic (exact) mass is 432 g/mol. The number of H-pyrrole nitrogens is 1. The van der Waals surface area contributed by atoms with Gasteiger partial charge in [-0.3, -0.25) is 4.98 Å².